The van der Waals surface area contributed by atoms with Gasteiger partial charge in [0.05, 0.1) is 37.6 Å². The van der Waals surface area contributed by atoms with Crippen molar-refractivity contribution in [1.29, 1.82) is 0 Å². The second-order valence-corrected chi connectivity index (χ2v) is 9.47. The van der Waals surface area contributed by atoms with E-state index in [9.17, 15) is 18.7 Å². The minimum absolute atomic E-state index is 0.0817. The number of esters is 2. The van der Waals surface area contributed by atoms with Crippen molar-refractivity contribution >= 4 is 27.1 Å². The van der Waals surface area contributed by atoms with Crippen molar-refractivity contribution < 1.29 is 46.3 Å². The number of rotatable bonds is 14. The van der Waals surface area contributed by atoms with E-state index in [1.807, 2.05) is 0 Å². The lowest BCUT2D eigenvalue weighted by Gasteiger charge is -2.17. The largest absolute Gasteiger partial charge is 0.449 e. The summed E-state index contributed by atoms with van der Waals surface area (Å²) >= 11 is 0. The summed E-state index contributed by atoms with van der Waals surface area (Å²) in [5.41, 5.74) is -0.163. The number of hydrogen-bond donors (Lipinski definition) is 0. The second kappa shape index (κ2) is 12.9. The van der Waals surface area contributed by atoms with E-state index in [-0.39, 0.29) is 37.6 Å². The molecule has 30 heavy (non-hydrogen) atoms. The van der Waals surface area contributed by atoms with Crippen LogP contribution in [0.4, 0.5) is 0 Å². The fourth-order valence-corrected chi connectivity index (χ4v) is 4.69. The molecule has 1 aromatic heterocycles. The maximum atomic E-state index is 12.3. The van der Waals surface area contributed by atoms with Crippen LogP contribution in [0.2, 0.25) is 0 Å². The maximum absolute atomic E-state index is 12.3. The number of nitrogens with zero attached hydrogens (tertiary/aromatic N) is 1. The zero-order chi connectivity index (χ0) is 22.6. The topological polar surface area (TPSA) is 137 Å². The lowest BCUT2D eigenvalue weighted by Crippen LogP contribution is -2.13. The zero-order valence-corrected chi connectivity index (χ0v) is 19.2. The molecule has 0 spiro atoms. The lowest BCUT2D eigenvalue weighted by atomic mass is 10.2. The van der Waals surface area contributed by atoms with E-state index in [2.05, 4.69) is 4.98 Å². The fraction of sp³-hybridized carbons (Fsp3) is 0.588. The molecule has 1 rings (SSSR count). The van der Waals surface area contributed by atoms with Crippen LogP contribution in [0.3, 0.4) is 0 Å². The van der Waals surface area contributed by atoms with Gasteiger partial charge in [0.25, 0.3) is 0 Å². The Bertz CT molecular complexity index is 719. The molecular weight excluding hydrogens is 440 g/mol. The minimum Gasteiger partial charge on any atom is -0.449 e. The van der Waals surface area contributed by atoms with Crippen LogP contribution in [0.25, 0.3) is 0 Å². The van der Waals surface area contributed by atoms with E-state index >= 15 is 0 Å². The summed E-state index contributed by atoms with van der Waals surface area (Å²) in [7, 11) is -7.16. The minimum atomic E-state index is -3.58. The molecule has 0 N–H and O–H groups in total. The number of ether oxygens (including phenoxy) is 2. The molecule has 0 radical (unpaired) electrons. The average Bonchev–Trinajstić information content (AvgIpc) is 2.71. The monoisotopic (exact) mass is 467 g/mol. The molecule has 0 aliphatic rings. The quantitative estimate of drug-likeness (QED) is 0.291. The van der Waals surface area contributed by atoms with Crippen molar-refractivity contribution in [3.05, 3.63) is 29.6 Å². The van der Waals surface area contributed by atoms with Crippen molar-refractivity contribution in [2.75, 3.05) is 39.1 Å². The maximum Gasteiger partial charge on any atom is 0.367 e. The van der Waals surface area contributed by atoms with Gasteiger partial charge in [-0.2, -0.15) is 0 Å². The first-order valence-electron chi connectivity index (χ1n) is 9.28. The molecule has 0 bridgehead atoms. The number of hydrogen-bond acceptors (Lipinski definition) is 11. The predicted molar refractivity (Wildman–Crippen MR) is 107 cm³/mol. The van der Waals surface area contributed by atoms with Gasteiger partial charge in [0.1, 0.15) is 0 Å². The second-order valence-electron chi connectivity index (χ2n) is 5.48. The van der Waals surface area contributed by atoms with Crippen molar-refractivity contribution in [2.45, 2.75) is 27.7 Å². The van der Waals surface area contributed by atoms with E-state index in [4.69, 9.17) is 27.6 Å². The fourth-order valence-electron chi connectivity index (χ4n) is 2.12. The number of aromatic nitrogens is 1. The Morgan fingerprint density at radius 2 is 1.07 bits per heavy atom. The van der Waals surface area contributed by atoms with E-state index in [1.165, 1.54) is 6.07 Å². The molecule has 0 saturated carbocycles. The van der Waals surface area contributed by atoms with Crippen molar-refractivity contribution in [2.24, 2.45) is 0 Å². The van der Waals surface area contributed by atoms with Crippen molar-refractivity contribution in [3.63, 3.8) is 0 Å². The van der Waals surface area contributed by atoms with Crippen LogP contribution in [0.1, 0.15) is 48.4 Å². The predicted octanol–water partition coefficient (Wildman–Crippen LogP) is 3.84. The molecule has 0 amide bonds. The van der Waals surface area contributed by atoms with Gasteiger partial charge < -0.3 is 27.6 Å². The van der Waals surface area contributed by atoms with E-state index in [0.29, 0.717) is 0 Å². The van der Waals surface area contributed by atoms with Gasteiger partial charge in [-0.05, 0) is 33.8 Å². The van der Waals surface area contributed by atoms with Gasteiger partial charge in [0.15, 0.2) is 12.7 Å². The molecule has 11 nitrogen and oxygen atoms in total. The Morgan fingerprint density at radius 1 is 0.733 bits per heavy atom. The third-order valence-corrected chi connectivity index (χ3v) is 6.72. The van der Waals surface area contributed by atoms with E-state index in [0.717, 1.165) is 12.4 Å². The van der Waals surface area contributed by atoms with Crippen LogP contribution in [0, 0.1) is 0 Å². The van der Waals surface area contributed by atoms with Crippen molar-refractivity contribution in [1.82, 2.24) is 4.98 Å². The van der Waals surface area contributed by atoms with Crippen LogP contribution in [0.15, 0.2) is 18.5 Å². The molecule has 1 heterocycles. The number of pyridine rings is 1. The zero-order valence-electron chi connectivity index (χ0n) is 17.4. The van der Waals surface area contributed by atoms with Gasteiger partial charge in [-0.25, -0.2) is 9.59 Å². The van der Waals surface area contributed by atoms with Crippen molar-refractivity contribution in [3.8, 4) is 0 Å². The molecule has 0 unspecified atom stereocenters. The first kappa shape index (κ1) is 26.4. The molecule has 0 aliphatic heterocycles. The molecule has 170 valence electrons. The third-order valence-electron chi connectivity index (χ3n) is 3.22. The van der Waals surface area contributed by atoms with Gasteiger partial charge >= 0.3 is 27.1 Å². The highest BCUT2D eigenvalue weighted by atomic mass is 31.2. The van der Waals surface area contributed by atoms with Gasteiger partial charge in [0.2, 0.25) is 0 Å². The van der Waals surface area contributed by atoms with Crippen LogP contribution >= 0.6 is 15.2 Å². The van der Waals surface area contributed by atoms with Gasteiger partial charge in [-0.3, -0.25) is 14.1 Å². The number of carbonyl (C=O) groups is 2. The highest BCUT2D eigenvalue weighted by Crippen LogP contribution is 2.48. The van der Waals surface area contributed by atoms with Crippen LogP contribution in [-0.4, -0.2) is 56.0 Å². The molecule has 0 atom stereocenters. The summed E-state index contributed by atoms with van der Waals surface area (Å²) < 4.78 is 54.8. The van der Waals surface area contributed by atoms with Crippen LogP contribution in [-0.2, 0) is 36.7 Å². The summed E-state index contributed by atoms with van der Waals surface area (Å²) in [6, 6.07) is 1.18. The Balaban J connectivity index is 2.79. The molecule has 0 saturated heterocycles. The van der Waals surface area contributed by atoms with Gasteiger partial charge in [0, 0.05) is 12.4 Å². The molecule has 0 fully saturated rings. The van der Waals surface area contributed by atoms with Gasteiger partial charge in [-0.1, -0.05) is 0 Å². The lowest BCUT2D eigenvalue weighted by molar-refractivity contribution is 0.0527. The summed E-state index contributed by atoms with van der Waals surface area (Å²) in [6.45, 7) is 6.97. The summed E-state index contributed by atoms with van der Waals surface area (Å²) in [5.74, 6) is -1.77. The normalized spacial score (nSPS) is 11.9. The van der Waals surface area contributed by atoms with Crippen LogP contribution in [0.5, 0.6) is 0 Å². The Labute approximate surface area is 175 Å². The highest BCUT2D eigenvalue weighted by Gasteiger charge is 2.28. The van der Waals surface area contributed by atoms with E-state index in [1.54, 1.807) is 27.7 Å². The smallest absolute Gasteiger partial charge is 0.367 e. The SMILES string of the molecule is CCOP(=O)(COC(=O)c1cncc(C(=O)OCP(=O)(OCC)OCC)c1)OCC. The summed E-state index contributed by atoms with van der Waals surface area (Å²) in [6.07, 6.45) is 1.15. The average molecular weight is 467 g/mol. The summed E-state index contributed by atoms with van der Waals surface area (Å²) in [4.78, 5) is 28.3. The first-order valence-corrected chi connectivity index (χ1v) is 12.7. The summed E-state index contributed by atoms with van der Waals surface area (Å²) in [5, 5.41) is 0. The van der Waals surface area contributed by atoms with Crippen LogP contribution < -0.4 is 0 Å². The molecule has 0 aliphatic carbocycles. The molecule has 0 aromatic carbocycles. The first-order chi connectivity index (χ1) is 14.2. The Morgan fingerprint density at radius 3 is 1.37 bits per heavy atom. The molecule has 13 heteroatoms. The Hall–Kier alpha value is -1.61. The standard InChI is InChI=1S/C17H27NO10P2/c1-5-25-29(21,26-6-2)12-23-16(19)14-9-15(11-18-10-14)17(20)24-13-30(22,27-7-3)28-8-4/h9-11H,5-8,12-13H2,1-4H3. The third kappa shape index (κ3) is 8.63. The molecular formula is C17H27NO10P2. The van der Waals surface area contributed by atoms with E-state index < -0.39 is 39.8 Å². The Kier molecular flexibility index (Phi) is 11.4. The molecule has 1 aromatic rings. The van der Waals surface area contributed by atoms with Gasteiger partial charge in [-0.15, -0.1) is 0 Å². The number of carbonyl (C=O) groups excluding carboxylic acids is 2. The highest BCUT2D eigenvalue weighted by molar-refractivity contribution is 7.53.